The number of amides is 2. The standard InChI is InChI=1S/C20H20N4O2S/c1-13(25)23-7-9-24(10-8-23)20(26)15-11-22-19(21)17-16(12-27-18(15)17)14-5-3-2-4-6-14/h2-6,11-12H,7-10H2,1H3,(H2,21,22). The Morgan fingerprint density at radius 2 is 1.74 bits per heavy atom. The van der Waals surface area contributed by atoms with E-state index in [1.807, 2.05) is 35.7 Å². The van der Waals surface area contributed by atoms with Gasteiger partial charge in [-0.15, -0.1) is 11.3 Å². The summed E-state index contributed by atoms with van der Waals surface area (Å²) in [6.45, 7) is 3.74. The van der Waals surface area contributed by atoms with Gasteiger partial charge in [0.25, 0.3) is 5.91 Å². The topological polar surface area (TPSA) is 79.5 Å². The molecule has 0 radical (unpaired) electrons. The molecule has 1 saturated heterocycles. The fourth-order valence-corrected chi connectivity index (χ4v) is 4.53. The van der Waals surface area contributed by atoms with Crippen molar-refractivity contribution >= 4 is 39.1 Å². The van der Waals surface area contributed by atoms with Gasteiger partial charge in [0.15, 0.2) is 0 Å². The molecule has 0 saturated carbocycles. The molecule has 0 atom stereocenters. The Hall–Kier alpha value is -2.93. The highest BCUT2D eigenvalue weighted by Crippen LogP contribution is 2.38. The number of hydrogen-bond donors (Lipinski definition) is 1. The van der Waals surface area contributed by atoms with Crippen LogP contribution in [0, 0.1) is 0 Å². The highest BCUT2D eigenvalue weighted by atomic mass is 32.1. The maximum Gasteiger partial charge on any atom is 0.257 e. The van der Waals surface area contributed by atoms with Gasteiger partial charge in [0, 0.05) is 50.2 Å². The minimum Gasteiger partial charge on any atom is -0.383 e. The molecule has 138 valence electrons. The monoisotopic (exact) mass is 380 g/mol. The van der Waals surface area contributed by atoms with Crippen molar-refractivity contribution in [3.8, 4) is 11.1 Å². The first-order valence-electron chi connectivity index (χ1n) is 8.82. The van der Waals surface area contributed by atoms with E-state index in [2.05, 4.69) is 4.98 Å². The van der Waals surface area contributed by atoms with Gasteiger partial charge in [0.1, 0.15) is 5.82 Å². The summed E-state index contributed by atoms with van der Waals surface area (Å²) >= 11 is 1.52. The van der Waals surface area contributed by atoms with Crippen LogP contribution in [0.15, 0.2) is 41.9 Å². The second-order valence-corrected chi connectivity index (χ2v) is 7.45. The van der Waals surface area contributed by atoms with Crippen LogP contribution in [0.5, 0.6) is 0 Å². The summed E-state index contributed by atoms with van der Waals surface area (Å²) in [6.07, 6.45) is 1.57. The van der Waals surface area contributed by atoms with Crippen molar-refractivity contribution < 1.29 is 9.59 Å². The predicted molar refractivity (Wildman–Crippen MR) is 108 cm³/mol. The van der Waals surface area contributed by atoms with Crippen LogP contribution in [0.4, 0.5) is 5.82 Å². The fraction of sp³-hybridized carbons (Fsp3) is 0.250. The van der Waals surface area contributed by atoms with Crippen LogP contribution in [0.25, 0.3) is 21.2 Å². The van der Waals surface area contributed by atoms with E-state index in [-0.39, 0.29) is 11.8 Å². The van der Waals surface area contributed by atoms with Crippen molar-refractivity contribution in [3.05, 3.63) is 47.5 Å². The van der Waals surface area contributed by atoms with Crippen molar-refractivity contribution in [3.63, 3.8) is 0 Å². The van der Waals surface area contributed by atoms with E-state index in [1.54, 1.807) is 22.9 Å². The van der Waals surface area contributed by atoms with Gasteiger partial charge >= 0.3 is 0 Å². The summed E-state index contributed by atoms with van der Waals surface area (Å²) in [4.78, 5) is 32.4. The van der Waals surface area contributed by atoms with Gasteiger partial charge < -0.3 is 15.5 Å². The van der Waals surface area contributed by atoms with Crippen LogP contribution in [-0.4, -0.2) is 52.8 Å². The number of nitrogen functional groups attached to an aromatic ring is 1. The first kappa shape index (κ1) is 17.5. The molecule has 2 amide bonds. The molecule has 2 aromatic heterocycles. The third kappa shape index (κ3) is 3.14. The molecule has 1 aliphatic rings. The number of fused-ring (bicyclic) bond motifs is 1. The van der Waals surface area contributed by atoms with Crippen molar-refractivity contribution in [1.82, 2.24) is 14.8 Å². The van der Waals surface area contributed by atoms with E-state index in [1.165, 1.54) is 11.3 Å². The summed E-state index contributed by atoms with van der Waals surface area (Å²) in [7, 11) is 0. The molecule has 7 heteroatoms. The number of hydrogen-bond acceptors (Lipinski definition) is 5. The van der Waals surface area contributed by atoms with Gasteiger partial charge in [0.2, 0.25) is 5.91 Å². The van der Waals surface area contributed by atoms with Gasteiger partial charge in [-0.25, -0.2) is 4.98 Å². The summed E-state index contributed by atoms with van der Waals surface area (Å²) in [5, 5.41) is 2.86. The van der Waals surface area contributed by atoms with Crippen LogP contribution in [0.1, 0.15) is 17.3 Å². The minimum absolute atomic E-state index is 0.0457. The zero-order valence-corrected chi connectivity index (χ0v) is 15.8. The molecular weight excluding hydrogens is 360 g/mol. The predicted octanol–water partition coefficient (Wildman–Crippen LogP) is 2.85. The smallest absolute Gasteiger partial charge is 0.257 e. The number of rotatable bonds is 2. The zero-order valence-electron chi connectivity index (χ0n) is 15.0. The van der Waals surface area contributed by atoms with Crippen molar-refractivity contribution in [2.24, 2.45) is 0 Å². The van der Waals surface area contributed by atoms with Crippen LogP contribution >= 0.6 is 11.3 Å². The van der Waals surface area contributed by atoms with Crippen LogP contribution in [0.3, 0.4) is 0 Å². The maximum atomic E-state index is 13.1. The minimum atomic E-state index is -0.0582. The molecule has 0 spiro atoms. The molecule has 1 aliphatic heterocycles. The number of anilines is 1. The molecule has 1 fully saturated rings. The second-order valence-electron chi connectivity index (χ2n) is 6.57. The first-order chi connectivity index (χ1) is 13.1. The van der Waals surface area contributed by atoms with Crippen LogP contribution < -0.4 is 5.73 Å². The number of nitrogens with two attached hydrogens (primary N) is 1. The van der Waals surface area contributed by atoms with E-state index in [0.29, 0.717) is 37.6 Å². The number of carbonyl (C=O) groups excluding carboxylic acids is 2. The molecular formula is C20H20N4O2S. The van der Waals surface area contributed by atoms with E-state index in [4.69, 9.17) is 5.73 Å². The molecule has 4 rings (SSSR count). The molecule has 6 nitrogen and oxygen atoms in total. The fourth-order valence-electron chi connectivity index (χ4n) is 3.44. The average Bonchev–Trinajstić information content (AvgIpc) is 3.14. The number of thiophene rings is 1. The number of nitrogens with zero attached hydrogens (tertiary/aromatic N) is 3. The normalized spacial score (nSPS) is 14.6. The van der Waals surface area contributed by atoms with E-state index >= 15 is 0 Å². The third-order valence-corrected chi connectivity index (χ3v) is 5.97. The Balaban J connectivity index is 1.69. The Bertz CT molecular complexity index is 1010. The Kier molecular flexibility index (Phi) is 4.53. The molecule has 3 heterocycles. The molecule has 2 N–H and O–H groups in total. The van der Waals surface area contributed by atoms with Gasteiger partial charge in [-0.1, -0.05) is 30.3 Å². The summed E-state index contributed by atoms with van der Waals surface area (Å²) < 4.78 is 0.861. The molecule has 0 unspecified atom stereocenters. The lowest BCUT2D eigenvalue weighted by Gasteiger charge is -2.34. The van der Waals surface area contributed by atoms with Crippen LogP contribution in [-0.2, 0) is 4.79 Å². The van der Waals surface area contributed by atoms with Crippen molar-refractivity contribution in [2.75, 3.05) is 31.9 Å². The summed E-state index contributed by atoms with van der Waals surface area (Å²) in [5.41, 5.74) is 8.79. The molecule has 0 aliphatic carbocycles. The number of aromatic nitrogens is 1. The van der Waals surface area contributed by atoms with E-state index in [9.17, 15) is 9.59 Å². The Morgan fingerprint density at radius 1 is 1.07 bits per heavy atom. The number of piperazine rings is 1. The number of benzene rings is 1. The van der Waals surface area contributed by atoms with Crippen molar-refractivity contribution in [2.45, 2.75) is 6.92 Å². The lowest BCUT2D eigenvalue weighted by molar-refractivity contribution is -0.130. The SMILES string of the molecule is CC(=O)N1CCN(C(=O)c2cnc(N)c3c(-c4ccccc4)csc23)CC1. The Morgan fingerprint density at radius 3 is 2.41 bits per heavy atom. The first-order valence-corrected chi connectivity index (χ1v) is 9.70. The second kappa shape index (κ2) is 7.00. The molecule has 3 aromatic rings. The van der Waals surface area contributed by atoms with Gasteiger partial charge in [-0.3, -0.25) is 9.59 Å². The number of pyridine rings is 1. The molecule has 1 aromatic carbocycles. The van der Waals surface area contributed by atoms with Gasteiger partial charge in [-0.2, -0.15) is 0 Å². The van der Waals surface area contributed by atoms with Crippen molar-refractivity contribution in [1.29, 1.82) is 0 Å². The highest BCUT2D eigenvalue weighted by molar-refractivity contribution is 7.18. The Labute approximate surface area is 161 Å². The van der Waals surface area contributed by atoms with Gasteiger partial charge in [0.05, 0.1) is 10.3 Å². The summed E-state index contributed by atoms with van der Waals surface area (Å²) in [6, 6.07) is 9.97. The van der Waals surface area contributed by atoms with E-state index in [0.717, 1.165) is 21.2 Å². The van der Waals surface area contributed by atoms with E-state index < -0.39 is 0 Å². The highest BCUT2D eigenvalue weighted by Gasteiger charge is 2.26. The van der Waals surface area contributed by atoms with Gasteiger partial charge in [-0.05, 0) is 10.9 Å². The molecule has 27 heavy (non-hydrogen) atoms. The van der Waals surface area contributed by atoms with Crippen LogP contribution in [0.2, 0.25) is 0 Å². The molecule has 0 bridgehead atoms. The maximum absolute atomic E-state index is 13.1. The largest absolute Gasteiger partial charge is 0.383 e. The quantitative estimate of drug-likeness (QED) is 0.741. The lowest BCUT2D eigenvalue weighted by atomic mass is 10.0. The number of carbonyl (C=O) groups is 2. The third-order valence-electron chi connectivity index (χ3n) is 4.95. The lowest BCUT2D eigenvalue weighted by Crippen LogP contribution is -2.50. The summed E-state index contributed by atoms with van der Waals surface area (Å²) in [5.74, 6) is 0.421. The average molecular weight is 380 g/mol. The zero-order chi connectivity index (χ0) is 19.0.